The first kappa shape index (κ1) is 14.8. The lowest BCUT2D eigenvalue weighted by Crippen LogP contribution is -2.33. The highest BCUT2D eigenvalue weighted by Crippen LogP contribution is 2.34. The second kappa shape index (κ2) is 5.57. The van der Waals surface area contributed by atoms with Crippen LogP contribution in [0, 0.1) is 12.7 Å². The molecule has 1 N–H and O–H groups in total. The Kier molecular flexibility index (Phi) is 3.74. The van der Waals surface area contributed by atoms with E-state index in [2.05, 4.69) is 0 Å². The van der Waals surface area contributed by atoms with Gasteiger partial charge in [0.2, 0.25) is 0 Å². The zero-order valence-corrected chi connectivity index (χ0v) is 12.7. The van der Waals surface area contributed by atoms with Crippen LogP contribution in [0.15, 0.2) is 36.5 Å². The Hall–Kier alpha value is -2.14. The Morgan fingerprint density at radius 2 is 2.14 bits per heavy atom. The third-order valence-corrected chi connectivity index (χ3v) is 4.25. The van der Waals surface area contributed by atoms with Crippen LogP contribution in [0.25, 0.3) is 0 Å². The number of hydrogen-bond acceptors (Lipinski definition) is 2. The van der Waals surface area contributed by atoms with Crippen molar-refractivity contribution in [2.24, 2.45) is 7.05 Å². The normalized spacial score (nSPS) is 21.4. The van der Waals surface area contributed by atoms with E-state index in [0.717, 1.165) is 11.1 Å². The number of nitrogens with zero attached hydrogens (tertiary/aromatic N) is 2. The monoisotopic (exact) mass is 302 g/mol. The van der Waals surface area contributed by atoms with E-state index in [4.69, 9.17) is 0 Å². The van der Waals surface area contributed by atoms with Gasteiger partial charge >= 0.3 is 0 Å². The summed E-state index contributed by atoms with van der Waals surface area (Å²) in [5, 5.41) is 9.99. The molecule has 2 atom stereocenters. The van der Waals surface area contributed by atoms with Gasteiger partial charge in [-0.3, -0.25) is 4.79 Å². The molecule has 1 aliphatic rings. The van der Waals surface area contributed by atoms with Crippen molar-refractivity contribution < 1.29 is 14.3 Å². The maximum absolute atomic E-state index is 13.5. The van der Waals surface area contributed by atoms with Gasteiger partial charge in [0.1, 0.15) is 11.5 Å². The van der Waals surface area contributed by atoms with Crippen LogP contribution in [0.1, 0.15) is 34.1 Å². The molecule has 5 heteroatoms. The predicted molar refractivity (Wildman–Crippen MR) is 81.0 cm³/mol. The molecule has 116 valence electrons. The molecule has 1 amide bonds. The number of halogens is 1. The van der Waals surface area contributed by atoms with Gasteiger partial charge in [0.05, 0.1) is 12.1 Å². The van der Waals surface area contributed by atoms with Crippen molar-refractivity contribution in [2.75, 3.05) is 6.54 Å². The van der Waals surface area contributed by atoms with Crippen LogP contribution in [0.4, 0.5) is 4.39 Å². The molecular formula is C17H19FN2O2. The Balaban J connectivity index is 1.96. The number of benzene rings is 1. The summed E-state index contributed by atoms with van der Waals surface area (Å²) < 4.78 is 15.3. The first-order chi connectivity index (χ1) is 10.5. The quantitative estimate of drug-likeness (QED) is 0.926. The average molecular weight is 302 g/mol. The number of aliphatic hydroxyl groups is 1. The van der Waals surface area contributed by atoms with Gasteiger partial charge in [-0.05, 0) is 42.7 Å². The Labute approximate surface area is 128 Å². The van der Waals surface area contributed by atoms with Crippen molar-refractivity contribution in [1.29, 1.82) is 0 Å². The molecule has 1 fully saturated rings. The van der Waals surface area contributed by atoms with Crippen LogP contribution in [-0.2, 0) is 7.05 Å². The standard InChI is InChI=1S/C17H19FN2O2/c1-11-6-7-19(2)16(11)17(22)20-10-14(21)9-15(20)12-4-3-5-13(18)8-12/h3-8,14-15,21H,9-10H2,1-2H3. The second-order valence-electron chi connectivity index (χ2n) is 5.88. The lowest BCUT2D eigenvalue weighted by molar-refractivity contribution is 0.0705. The van der Waals surface area contributed by atoms with E-state index >= 15 is 0 Å². The molecular weight excluding hydrogens is 283 g/mol. The lowest BCUT2D eigenvalue weighted by Gasteiger charge is -2.25. The summed E-state index contributed by atoms with van der Waals surface area (Å²) in [6.45, 7) is 2.15. The fraction of sp³-hybridized carbons (Fsp3) is 0.353. The summed E-state index contributed by atoms with van der Waals surface area (Å²) in [7, 11) is 1.82. The van der Waals surface area contributed by atoms with Crippen LogP contribution < -0.4 is 0 Å². The van der Waals surface area contributed by atoms with Gasteiger partial charge in [-0.1, -0.05) is 12.1 Å². The second-order valence-corrected chi connectivity index (χ2v) is 5.88. The summed E-state index contributed by atoms with van der Waals surface area (Å²) in [5.41, 5.74) is 2.22. The average Bonchev–Trinajstić information content (AvgIpc) is 3.02. The molecule has 2 heterocycles. The van der Waals surface area contributed by atoms with E-state index in [9.17, 15) is 14.3 Å². The fourth-order valence-electron chi connectivity index (χ4n) is 3.18. The smallest absolute Gasteiger partial charge is 0.271 e. The van der Waals surface area contributed by atoms with Crippen LogP contribution in [0.5, 0.6) is 0 Å². The first-order valence-corrected chi connectivity index (χ1v) is 7.34. The molecule has 0 saturated carbocycles. The van der Waals surface area contributed by atoms with Crippen LogP contribution >= 0.6 is 0 Å². The zero-order valence-electron chi connectivity index (χ0n) is 12.7. The Morgan fingerprint density at radius 1 is 1.36 bits per heavy atom. The van der Waals surface area contributed by atoms with Gasteiger partial charge in [-0.25, -0.2) is 4.39 Å². The van der Waals surface area contributed by atoms with E-state index in [1.165, 1.54) is 12.1 Å². The van der Waals surface area contributed by atoms with Gasteiger partial charge in [0.15, 0.2) is 0 Å². The van der Waals surface area contributed by atoms with E-state index in [1.54, 1.807) is 21.6 Å². The van der Waals surface area contributed by atoms with Gasteiger partial charge in [-0.15, -0.1) is 0 Å². The molecule has 4 nitrogen and oxygen atoms in total. The number of amides is 1. The SMILES string of the molecule is Cc1ccn(C)c1C(=O)N1CC(O)CC1c1cccc(F)c1. The van der Waals surface area contributed by atoms with Crippen molar-refractivity contribution in [3.63, 3.8) is 0 Å². The summed E-state index contributed by atoms with van der Waals surface area (Å²) in [6, 6.07) is 7.82. The van der Waals surface area contributed by atoms with Crippen molar-refractivity contribution in [3.8, 4) is 0 Å². The van der Waals surface area contributed by atoms with Gasteiger partial charge in [0, 0.05) is 19.8 Å². The van der Waals surface area contributed by atoms with Crippen LogP contribution in [0.2, 0.25) is 0 Å². The van der Waals surface area contributed by atoms with Gasteiger partial charge in [0.25, 0.3) is 5.91 Å². The highest BCUT2D eigenvalue weighted by Gasteiger charge is 2.37. The fourth-order valence-corrected chi connectivity index (χ4v) is 3.18. The van der Waals surface area contributed by atoms with Crippen molar-refractivity contribution in [3.05, 3.63) is 59.2 Å². The number of carbonyl (C=O) groups excluding carboxylic acids is 1. The molecule has 1 aliphatic heterocycles. The molecule has 1 aromatic carbocycles. The van der Waals surface area contributed by atoms with E-state index in [0.29, 0.717) is 12.1 Å². The number of aryl methyl sites for hydroxylation is 2. The zero-order chi connectivity index (χ0) is 15.9. The number of hydrogen-bond donors (Lipinski definition) is 1. The largest absolute Gasteiger partial charge is 0.391 e. The molecule has 0 bridgehead atoms. The highest BCUT2D eigenvalue weighted by atomic mass is 19.1. The minimum atomic E-state index is -0.585. The van der Waals surface area contributed by atoms with Crippen molar-refractivity contribution in [1.82, 2.24) is 9.47 Å². The molecule has 2 unspecified atom stereocenters. The minimum absolute atomic E-state index is 0.129. The summed E-state index contributed by atoms with van der Waals surface area (Å²) in [6.07, 6.45) is 1.68. The van der Waals surface area contributed by atoms with Gasteiger partial charge < -0.3 is 14.6 Å². The number of β-amino-alcohol motifs (C(OH)–C–C–N with tert-alkyl or cyclic N) is 1. The van der Waals surface area contributed by atoms with Crippen LogP contribution in [0.3, 0.4) is 0 Å². The Morgan fingerprint density at radius 3 is 2.77 bits per heavy atom. The van der Waals surface area contributed by atoms with E-state index < -0.39 is 6.10 Å². The molecule has 0 spiro atoms. The number of carbonyl (C=O) groups is 1. The lowest BCUT2D eigenvalue weighted by atomic mass is 10.0. The topological polar surface area (TPSA) is 45.5 Å². The summed E-state index contributed by atoms with van der Waals surface area (Å²) >= 11 is 0. The maximum Gasteiger partial charge on any atom is 0.271 e. The molecule has 0 aliphatic carbocycles. The predicted octanol–water partition coefficient (Wildman–Crippen LogP) is 2.42. The van der Waals surface area contributed by atoms with Crippen molar-refractivity contribution in [2.45, 2.75) is 25.5 Å². The van der Waals surface area contributed by atoms with Crippen LogP contribution in [-0.4, -0.2) is 33.1 Å². The summed E-state index contributed by atoms with van der Waals surface area (Å²) in [5.74, 6) is -0.461. The molecule has 2 aromatic rings. The molecule has 0 radical (unpaired) electrons. The number of aromatic nitrogens is 1. The van der Waals surface area contributed by atoms with E-state index in [1.807, 2.05) is 26.2 Å². The summed E-state index contributed by atoms with van der Waals surface area (Å²) in [4.78, 5) is 14.5. The van der Waals surface area contributed by atoms with Crippen molar-refractivity contribution >= 4 is 5.91 Å². The molecule has 22 heavy (non-hydrogen) atoms. The minimum Gasteiger partial charge on any atom is -0.391 e. The maximum atomic E-state index is 13.5. The Bertz CT molecular complexity index is 691. The third kappa shape index (κ3) is 2.52. The third-order valence-electron chi connectivity index (χ3n) is 4.25. The van der Waals surface area contributed by atoms with Gasteiger partial charge in [-0.2, -0.15) is 0 Å². The number of rotatable bonds is 2. The number of likely N-dealkylation sites (tertiary alicyclic amines) is 1. The first-order valence-electron chi connectivity index (χ1n) is 7.34. The van der Waals surface area contributed by atoms with E-state index in [-0.39, 0.29) is 24.3 Å². The molecule has 1 saturated heterocycles. The number of aliphatic hydroxyl groups excluding tert-OH is 1. The molecule has 1 aromatic heterocycles. The highest BCUT2D eigenvalue weighted by molar-refractivity contribution is 5.94. The molecule has 3 rings (SSSR count).